The van der Waals surface area contributed by atoms with Crippen LogP contribution in [0.5, 0.6) is 5.75 Å². The van der Waals surface area contributed by atoms with Crippen molar-refractivity contribution in [1.82, 2.24) is 0 Å². The van der Waals surface area contributed by atoms with Gasteiger partial charge < -0.3 is 25.4 Å². The Balaban J connectivity index is 1.49. The standard InChI is InChI=1S/C22H27N3O4/c1-15-19(4-3-5-20(15)25-22(27)16-6-7-16)23-14-21(26)24-17-8-10-18(11-9-17)29-13-12-28-2/h3-5,8-11,16,23H,6-7,12-14H2,1-2H3,(H,24,26)(H,25,27). The van der Waals surface area contributed by atoms with Gasteiger partial charge in [0.2, 0.25) is 11.8 Å². The van der Waals surface area contributed by atoms with E-state index in [9.17, 15) is 9.59 Å². The van der Waals surface area contributed by atoms with Crippen molar-refractivity contribution in [2.75, 3.05) is 42.8 Å². The number of nitrogens with one attached hydrogen (secondary N) is 3. The van der Waals surface area contributed by atoms with Crippen LogP contribution in [0.15, 0.2) is 42.5 Å². The fraction of sp³-hybridized carbons (Fsp3) is 0.364. The molecule has 0 aromatic heterocycles. The fourth-order valence-electron chi connectivity index (χ4n) is 2.80. The zero-order chi connectivity index (χ0) is 20.6. The number of carbonyl (C=O) groups is 2. The highest BCUT2D eigenvalue weighted by Crippen LogP contribution is 2.31. The highest BCUT2D eigenvalue weighted by atomic mass is 16.5. The lowest BCUT2D eigenvalue weighted by Crippen LogP contribution is -2.22. The molecule has 0 spiro atoms. The van der Waals surface area contributed by atoms with Crippen molar-refractivity contribution in [3.8, 4) is 5.75 Å². The molecule has 0 bridgehead atoms. The summed E-state index contributed by atoms with van der Waals surface area (Å²) in [4.78, 5) is 24.3. The molecule has 29 heavy (non-hydrogen) atoms. The van der Waals surface area contributed by atoms with Crippen molar-refractivity contribution in [3.63, 3.8) is 0 Å². The summed E-state index contributed by atoms with van der Waals surface area (Å²) in [5.41, 5.74) is 3.19. The topological polar surface area (TPSA) is 88.7 Å². The summed E-state index contributed by atoms with van der Waals surface area (Å²) >= 11 is 0. The molecule has 0 saturated heterocycles. The van der Waals surface area contributed by atoms with Crippen molar-refractivity contribution in [2.24, 2.45) is 5.92 Å². The van der Waals surface area contributed by atoms with Gasteiger partial charge in [0.1, 0.15) is 12.4 Å². The van der Waals surface area contributed by atoms with E-state index in [4.69, 9.17) is 9.47 Å². The van der Waals surface area contributed by atoms with Crippen LogP contribution >= 0.6 is 0 Å². The summed E-state index contributed by atoms with van der Waals surface area (Å²) in [7, 11) is 1.62. The molecular weight excluding hydrogens is 370 g/mol. The molecule has 1 aliphatic carbocycles. The maximum Gasteiger partial charge on any atom is 0.243 e. The molecule has 0 radical (unpaired) electrons. The lowest BCUT2D eigenvalue weighted by molar-refractivity contribution is -0.117. The molecule has 3 N–H and O–H groups in total. The molecule has 0 atom stereocenters. The van der Waals surface area contributed by atoms with E-state index in [1.165, 1.54) is 0 Å². The minimum absolute atomic E-state index is 0.0673. The molecule has 7 nitrogen and oxygen atoms in total. The Morgan fingerprint density at radius 2 is 1.72 bits per heavy atom. The van der Waals surface area contributed by atoms with E-state index in [0.29, 0.717) is 18.9 Å². The van der Waals surface area contributed by atoms with Gasteiger partial charge in [-0.1, -0.05) is 6.07 Å². The third-order valence-electron chi connectivity index (χ3n) is 4.67. The summed E-state index contributed by atoms with van der Waals surface area (Å²) in [5.74, 6) is 0.773. The van der Waals surface area contributed by atoms with E-state index in [1.54, 1.807) is 31.4 Å². The predicted molar refractivity (Wildman–Crippen MR) is 113 cm³/mol. The highest BCUT2D eigenvalue weighted by Gasteiger charge is 2.29. The van der Waals surface area contributed by atoms with E-state index >= 15 is 0 Å². The minimum Gasteiger partial charge on any atom is -0.491 e. The summed E-state index contributed by atoms with van der Waals surface area (Å²) < 4.78 is 10.4. The lowest BCUT2D eigenvalue weighted by Gasteiger charge is -2.14. The third kappa shape index (κ3) is 6.22. The minimum atomic E-state index is -0.162. The second-order valence-corrected chi connectivity index (χ2v) is 7.01. The predicted octanol–water partition coefficient (Wildman–Crippen LogP) is 3.42. The summed E-state index contributed by atoms with van der Waals surface area (Å²) in [5, 5.41) is 8.94. The second kappa shape index (κ2) is 9.93. The lowest BCUT2D eigenvalue weighted by atomic mass is 10.1. The van der Waals surface area contributed by atoms with Crippen LogP contribution in [0.2, 0.25) is 0 Å². The quantitative estimate of drug-likeness (QED) is 0.535. The molecule has 3 rings (SSSR count). The normalized spacial score (nSPS) is 12.9. The summed E-state index contributed by atoms with van der Waals surface area (Å²) in [6, 6.07) is 12.8. The van der Waals surface area contributed by atoms with Crippen LogP contribution < -0.4 is 20.7 Å². The Labute approximate surface area is 170 Å². The molecule has 0 unspecified atom stereocenters. The van der Waals surface area contributed by atoms with Gasteiger partial charge >= 0.3 is 0 Å². The van der Waals surface area contributed by atoms with Gasteiger partial charge in [0.05, 0.1) is 13.2 Å². The summed E-state index contributed by atoms with van der Waals surface area (Å²) in [6.45, 7) is 3.04. The Hall–Kier alpha value is -3.06. The zero-order valence-corrected chi connectivity index (χ0v) is 16.8. The largest absolute Gasteiger partial charge is 0.491 e. The van der Waals surface area contributed by atoms with Gasteiger partial charge in [0.15, 0.2) is 0 Å². The molecule has 1 saturated carbocycles. The first kappa shape index (κ1) is 20.7. The average molecular weight is 397 g/mol. The van der Waals surface area contributed by atoms with Gasteiger partial charge in [-0.15, -0.1) is 0 Å². The van der Waals surface area contributed by atoms with Crippen LogP contribution in [-0.2, 0) is 14.3 Å². The van der Waals surface area contributed by atoms with Crippen molar-refractivity contribution in [3.05, 3.63) is 48.0 Å². The number of rotatable bonds is 10. The van der Waals surface area contributed by atoms with Crippen LogP contribution in [0.1, 0.15) is 18.4 Å². The first-order valence-corrected chi connectivity index (χ1v) is 9.73. The SMILES string of the molecule is COCCOc1ccc(NC(=O)CNc2cccc(NC(=O)C3CC3)c2C)cc1. The average Bonchev–Trinajstić information content (AvgIpc) is 3.56. The van der Waals surface area contributed by atoms with E-state index < -0.39 is 0 Å². The van der Waals surface area contributed by atoms with Gasteiger partial charge in [0, 0.05) is 30.1 Å². The maximum atomic E-state index is 12.3. The Morgan fingerprint density at radius 3 is 2.41 bits per heavy atom. The van der Waals surface area contributed by atoms with Crippen molar-refractivity contribution in [2.45, 2.75) is 19.8 Å². The number of benzene rings is 2. The zero-order valence-electron chi connectivity index (χ0n) is 16.8. The number of hydrogen-bond acceptors (Lipinski definition) is 5. The molecule has 154 valence electrons. The van der Waals surface area contributed by atoms with E-state index in [0.717, 1.165) is 35.5 Å². The first-order valence-electron chi connectivity index (χ1n) is 9.73. The maximum absolute atomic E-state index is 12.3. The fourth-order valence-corrected chi connectivity index (χ4v) is 2.80. The Bertz CT molecular complexity index is 848. The molecular formula is C22H27N3O4. The highest BCUT2D eigenvalue weighted by molar-refractivity contribution is 5.96. The smallest absolute Gasteiger partial charge is 0.243 e. The number of anilines is 3. The van der Waals surface area contributed by atoms with Gasteiger partial charge in [-0.05, 0) is 61.7 Å². The Kier molecular flexibility index (Phi) is 7.08. The molecule has 0 aliphatic heterocycles. The monoisotopic (exact) mass is 397 g/mol. The van der Waals surface area contributed by atoms with E-state index in [-0.39, 0.29) is 24.3 Å². The first-order chi connectivity index (χ1) is 14.1. The molecule has 2 aromatic rings. The van der Waals surface area contributed by atoms with Gasteiger partial charge in [-0.25, -0.2) is 0 Å². The number of methoxy groups -OCH3 is 1. The Morgan fingerprint density at radius 1 is 1.00 bits per heavy atom. The molecule has 1 fully saturated rings. The number of ether oxygens (including phenoxy) is 2. The van der Waals surface area contributed by atoms with Crippen LogP contribution in [0, 0.1) is 12.8 Å². The molecule has 1 aliphatic rings. The van der Waals surface area contributed by atoms with E-state index in [2.05, 4.69) is 16.0 Å². The molecule has 2 amide bonds. The molecule has 0 heterocycles. The van der Waals surface area contributed by atoms with Gasteiger partial charge in [-0.3, -0.25) is 9.59 Å². The number of amides is 2. The number of carbonyl (C=O) groups excluding carboxylic acids is 2. The van der Waals surface area contributed by atoms with Crippen molar-refractivity contribution in [1.29, 1.82) is 0 Å². The van der Waals surface area contributed by atoms with Crippen LogP contribution in [0.3, 0.4) is 0 Å². The molecule has 7 heteroatoms. The van der Waals surface area contributed by atoms with E-state index in [1.807, 2.05) is 25.1 Å². The van der Waals surface area contributed by atoms with Crippen molar-refractivity contribution >= 4 is 28.9 Å². The second-order valence-electron chi connectivity index (χ2n) is 7.01. The number of hydrogen-bond donors (Lipinski definition) is 3. The molecule has 2 aromatic carbocycles. The van der Waals surface area contributed by atoms with Gasteiger partial charge in [-0.2, -0.15) is 0 Å². The third-order valence-corrected chi connectivity index (χ3v) is 4.67. The summed E-state index contributed by atoms with van der Waals surface area (Å²) in [6.07, 6.45) is 1.92. The van der Waals surface area contributed by atoms with Crippen molar-refractivity contribution < 1.29 is 19.1 Å². The van der Waals surface area contributed by atoms with Crippen LogP contribution in [0.4, 0.5) is 17.1 Å². The van der Waals surface area contributed by atoms with Crippen LogP contribution in [0.25, 0.3) is 0 Å². The van der Waals surface area contributed by atoms with Crippen LogP contribution in [-0.4, -0.2) is 38.7 Å². The van der Waals surface area contributed by atoms with Gasteiger partial charge in [0.25, 0.3) is 0 Å².